The lowest BCUT2D eigenvalue weighted by molar-refractivity contribution is 1.05. The Bertz CT molecular complexity index is 184. The first-order chi connectivity index (χ1) is 4.91. The van der Waals surface area contributed by atoms with E-state index in [0.29, 0.717) is 0 Å². The van der Waals surface area contributed by atoms with Crippen molar-refractivity contribution in [3.63, 3.8) is 0 Å². The highest BCUT2D eigenvalue weighted by atomic mass is 14.9. The van der Waals surface area contributed by atoms with Crippen LogP contribution < -0.4 is 0 Å². The van der Waals surface area contributed by atoms with Crippen LogP contribution in [0.1, 0.15) is 0 Å². The van der Waals surface area contributed by atoms with Gasteiger partial charge in [0.15, 0.2) is 0 Å². The Balaban J connectivity index is 0.000000180. The summed E-state index contributed by atoms with van der Waals surface area (Å²) in [6.07, 6.45) is 4.31. The molecule has 50 valence electrons. The van der Waals surface area contributed by atoms with Gasteiger partial charge in [-0.05, 0) is 0 Å². The van der Waals surface area contributed by atoms with E-state index in [-0.39, 0.29) is 0 Å². The molecule has 0 spiro atoms. The smallest absolute Gasteiger partial charge is 0.119 e. The maximum Gasteiger partial charge on any atom is 0.119 e. The van der Waals surface area contributed by atoms with Gasteiger partial charge in [-0.2, -0.15) is 0 Å². The molecule has 1 rings (SSSR count). The molecule has 0 unspecified atom stereocenters. The fraction of sp³-hybridized carbons (Fsp3) is 0. The van der Waals surface area contributed by atoms with Crippen LogP contribution in [-0.4, -0.2) is 26.7 Å². The summed E-state index contributed by atoms with van der Waals surface area (Å²) in [5.74, 6) is 3.19. The summed E-state index contributed by atoms with van der Waals surface area (Å²) in [5, 5.41) is 11.8. The Morgan fingerprint density at radius 3 is 1.20 bits per heavy atom. The lowest BCUT2D eigenvalue weighted by Crippen LogP contribution is -1.73. The molecule has 0 aliphatic heterocycles. The maximum absolute atomic E-state index is 5.90. The molecule has 0 fully saturated rings. The molecule has 0 saturated carbocycles. The molecule has 0 amide bonds. The van der Waals surface area contributed by atoms with Crippen molar-refractivity contribution in [1.29, 1.82) is 10.8 Å². The second-order valence-corrected chi connectivity index (χ2v) is 1.04. The zero-order chi connectivity index (χ0) is 7.66. The lowest BCUT2D eigenvalue weighted by Gasteiger charge is -1.69. The molecule has 0 saturated heterocycles. The summed E-state index contributed by atoms with van der Waals surface area (Å²) >= 11 is 0. The first-order valence-electron chi connectivity index (χ1n) is 2.30. The van der Waals surface area contributed by atoms with Gasteiger partial charge in [-0.15, -0.1) is 0 Å². The van der Waals surface area contributed by atoms with Crippen molar-refractivity contribution in [2.75, 3.05) is 0 Å². The summed E-state index contributed by atoms with van der Waals surface area (Å²) in [5.41, 5.74) is 0. The summed E-state index contributed by atoms with van der Waals surface area (Å²) in [7, 11) is 0. The van der Waals surface area contributed by atoms with E-state index in [1.165, 1.54) is 19.0 Å². The van der Waals surface area contributed by atoms with E-state index in [2.05, 4.69) is 15.0 Å². The standard InChI is InChI=1S/C3H3N3.C2H2N2/c1-4-2-6-3-5-1;3-1-2-4/h1-3H;3-4H. The van der Waals surface area contributed by atoms with E-state index in [0.717, 1.165) is 0 Å². The van der Waals surface area contributed by atoms with Crippen molar-refractivity contribution in [3.8, 4) is 0 Å². The minimum Gasteiger partial charge on any atom is -0.250 e. The summed E-state index contributed by atoms with van der Waals surface area (Å²) < 4.78 is 0. The molecule has 0 aliphatic rings. The Morgan fingerprint density at radius 1 is 0.800 bits per heavy atom. The number of hydrogen-bond acceptors (Lipinski definition) is 5. The summed E-state index contributed by atoms with van der Waals surface area (Å²) in [4.78, 5) is 10.7. The molecule has 1 heterocycles. The fourth-order valence-corrected chi connectivity index (χ4v) is 0.205. The molecular formula is C5H5N5. The van der Waals surface area contributed by atoms with Crippen LogP contribution in [0.15, 0.2) is 19.0 Å². The van der Waals surface area contributed by atoms with Crippen LogP contribution in [0.4, 0.5) is 0 Å². The minimum absolute atomic E-state index is 1.44. The van der Waals surface area contributed by atoms with E-state index in [9.17, 15) is 0 Å². The third kappa shape index (κ3) is 6.17. The van der Waals surface area contributed by atoms with Crippen LogP contribution in [0.2, 0.25) is 0 Å². The van der Waals surface area contributed by atoms with Gasteiger partial charge < -0.3 is 0 Å². The first kappa shape index (κ1) is 8.17. The predicted octanol–water partition coefficient (Wildman–Crippen LogP) is -0.0889. The molecule has 1 aromatic rings. The van der Waals surface area contributed by atoms with Crippen molar-refractivity contribution in [3.05, 3.63) is 19.0 Å². The number of nitrogens with one attached hydrogen (secondary N) is 2. The van der Waals surface area contributed by atoms with Crippen LogP contribution in [0.3, 0.4) is 0 Å². The highest BCUT2D eigenvalue weighted by Crippen LogP contribution is 1.57. The van der Waals surface area contributed by atoms with E-state index in [1.807, 2.05) is 0 Å². The summed E-state index contributed by atoms with van der Waals surface area (Å²) in [6.45, 7) is 0. The van der Waals surface area contributed by atoms with Gasteiger partial charge >= 0.3 is 0 Å². The van der Waals surface area contributed by atoms with Crippen molar-refractivity contribution >= 4 is 11.7 Å². The van der Waals surface area contributed by atoms with E-state index in [4.69, 9.17) is 10.8 Å². The molecule has 0 aromatic carbocycles. The molecule has 5 heteroatoms. The van der Waals surface area contributed by atoms with Crippen molar-refractivity contribution in [2.24, 2.45) is 0 Å². The average Bonchev–Trinajstić information content (AvgIpc) is 2.08. The van der Waals surface area contributed by atoms with Gasteiger partial charge in [-0.1, -0.05) is 0 Å². The van der Waals surface area contributed by atoms with Gasteiger partial charge in [-0.25, -0.2) is 25.8 Å². The van der Waals surface area contributed by atoms with E-state index < -0.39 is 0 Å². The monoisotopic (exact) mass is 135 g/mol. The largest absolute Gasteiger partial charge is 0.250 e. The molecule has 5 nitrogen and oxygen atoms in total. The molecule has 2 N–H and O–H groups in total. The van der Waals surface area contributed by atoms with Crippen LogP contribution in [-0.2, 0) is 0 Å². The van der Waals surface area contributed by atoms with E-state index >= 15 is 0 Å². The Hall–Kier alpha value is -1.83. The number of nitrogens with zero attached hydrogens (tertiary/aromatic N) is 3. The molecule has 10 heavy (non-hydrogen) atoms. The van der Waals surface area contributed by atoms with Crippen molar-refractivity contribution in [2.45, 2.75) is 0 Å². The zero-order valence-corrected chi connectivity index (χ0v) is 5.07. The van der Waals surface area contributed by atoms with Crippen molar-refractivity contribution in [1.82, 2.24) is 15.0 Å². The van der Waals surface area contributed by atoms with Crippen LogP contribution in [0.25, 0.3) is 0 Å². The highest BCUT2D eigenvalue weighted by Gasteiger charge is 1.59. The fourth-order valence-electron chi connectivity index (χ4n) is 0.205. The quantitative estimate of drug-likeness (QED) is 0.487. The Labute approximate surface area is 57.5 Å². The Kier molecular flexibility index (Phi) is 5.86. The maximum atomic E-state index is 5.90. The first-order valence-corrected chi connectivity index (χ1v) is 2.30. The second kappa shape index (κ2) is 7.17. The molecule has 0 bridgehead atoms. The van der Waals surface area contributed by atoms with Gasteiger partial charge in [0.25, 0.3) is 0 Å². The van der Waals surface area contributed by atoms with Gasteiger partial charge in [0, 0.05) is 0 Å². The van der Waals surface area contributed by atoms with Gasteiger partial charge in [-0.3, -0.25) is 0 Å². The second-order valence-electron chi connectivity index (χ2n) is 1.04. The third-order valence-electron chi connectivity index (χ3n) is 0.463. The van der Waals surface area contributed by atoms with Crippen LogP contribution in [0, 0.1) is 10.8 Å². The minimum atomic E-state index is 1.44. The molecule has 0 radical (unpaired) electrons. The van der Waals surface area contributed by atoms with Crippen LogP contribution in [0.5, 0.6) is 0 Å². The average molecular weight is 135 g/mol. The van der Waals surface area contributed by atoms with E-state index in [1.54, 1.807) is 11.7 Å². The Morgan fingerprint density at radius 2 is 1.10 bits per heavy atom. The number of hydrogen-bond donors (Lipinski definition) is 2. The predicted molar refractivity (Wildman–Crippen MR) is 35.3 cm³/mol. The number of rotatable bonds is 0. The summed E-state index contributed by atoms with van der Waals surface area (Å²) in [6, 6.07) is 0. The van der Waals surface area contributed by atoms with Crippen molar-refractivity contribution < 1.29 is 0 Å². The van der Waals surface area contributed by atoms with Gasteiger partial charge in [0.05, 0.1) is 11.7 Å². The van der Waals surface area contributed by atoms with Gasteiger partial charge in [0.2, 0.25) is 0 Å². The van der Waals surface area contributed by atoms with Crippen LogP contribution >= 0.6 is 0 Å². The highest BCUT2D eigenvalue weighted by molar-refractivity contribution is 5.84. The van der Waals surface area contributed by atoms with Gasteiger partial charge in [0.1, 0.15) is 19.0 Å². The lowest BCUT2D eigenvalue weighted by atomic mass is 11.1. The third-order valence-corrected chi connectivity index (χ3v) is 0.463. The number of aromatic nitrogens is 3. The molecule has 0 atom stereocenters. The molecular weight excluding hydrogens is 130 g/mol. The SMILES string of the molecule is N=C=C=N.c1ncncn1. The normalized spacial score (nSPS) is 6.00. The molecule has 0 aliphatic carbocycles. The topological polar surface area (TPSA) is 86.4 Å². The zero-order valence-electron chi connectivity index (χ0n) is 5.07. The molecule has 1 aromatic heterocycles.